The van der Waals surface area contributed by atoms with Gasteiger partial charge in [0.25, 0.3) is 0 Å². The van der Waals surface area contributed by atoms with E-state index in [0.29, 0.717) is 20.4 Å². The van der Waals surface area contributed by atoms with Gasteiger partial charge in [-0.1, -0.05) is 128 Å². The smallest absolute Gasteiger partial charge is 1.00 e. The van der Waals surface area contributed by atoms with E-state index in [-0.39, 0.29) is 30.9 Å². The number of esters is 1. The molecule has 0 unspecified atom stereocenters. The van der Waals surface area contributed by atoms with Crippen molar-refractivity contribution in [3.63, 3.8) is 0 Å². The molecule has 0 spiro atoms. The zero-order chi connectivity index (χ0) is 39.2. The van der Waals surface area contributed by atoms with Gasteiger partial charge in [0.15, 0.2) is 0 Å². The quantitative estimate of drug-likeness (QED) is 0.0775. The molecule has 296 valence electrons. The van der Waals surface area contributed by atoms with Crippen molar-refractivity contribution in [3.05, 3.63) is 91.3 Å². The molecule has 2 aromatic rings. The number of nitrogens with zero attached hydrogens (tertiary/aromatic N) is 1. The molecule has 2 aromatic carbocycles. The van der Waals surface area contributed by atoms with Crippen molar-refractivity contribution in [2.75, 3.05) is 31.3 Å². The van der Waals surface area contributed by atoms with Crippen molar-refractivity contribution in [1.29, 1.82) is 5.26 Å². The van der Waals surface area contributed by atoms with Gasteiger partial charge in [-0.25, -0.2) is 0 Å². The molecule has 52 heavy (non-hydrogen) atoms. The molecule has 0 saturated heterocycles. The van der Waals surface area contributed by atoms with Crippen LogP contribution in [0.4, 0.5) is 25.2 Å². The van der Waals surface area contributed by atoms with Crippen molar-refractivity contribution >= 4 is 40.2 Å². The largest absolute Gasteiger partial charge is 1.00 e. The first kappa shape index (κ1) is 53.0. The van der Waals surface area contributed by atoms with E-state index in [4.69, 9.17) is 10.00 Å². The fraction of sp³-hybridized carbons (Fsp3) is 0.513. The summed E-state index contributed by atoms with van der Waals surface area (Å²) >= 11 is 0. The molecule has 1 aliphatic rings. The van der Waals surface area contributed by atoms with Gasteiger partial charge in [0.2, 0.25) is 0 Å². The molecule has 1 aliphatic carbocycles. The van der Waals surface area contributed by atoms with Crippen LogP contribution in [0.2, 0.25) is 0 Å². The Kier molecular flexibility index (Phi) is 25.6. The van der Waals surface area contributed by atoms with Gasteiger partial charge in [-0.05, 0) is 86.4 Å². The molecule has 0 N–H and O–H groups in total. The first-order valence-electron chi connectivity index (χ1n) is 17.5. The van der Waals surface area contributed by atoms with Gasteiger partial charge in [0.05, 0.1) is 18.6 Å². The number of rotatable bonds is 15. The van der Waals surface area contributed by atoms with Gasteiger partial charge < -0.3 is 4.74 Å². The van der Waals surface area contributed by atoms with Crippen LogP contribution in [-0.2, 0) is 29.0 Å². The van der Waals surface area contributed by atoms with Crippen LogP contribution in [0.25, 0.3) is 0 Å². The molecular weight excluding hydrogens is 822 g/mol. The summed E-state index contributed by atoms with van der Waals surface area (Å²) in [6.45, 7) is 17.2. The standard InChI is InChI=1S/C25H28O2P.C12H27P.C2H3N.F6P.Ru/c1-19-17-20(25(2,3)4)18-23(19)24(26)27-15-16-28(21-11-7-5-8-12-21)22-13-9-6-10-14-22;1-4-7-10-13(11-8-5-2)12-9-6-3;1-2-3;1-7(2,3,4,5)6;/h5-14,17-18H,15-16H2,1-4H3;4-12H2,1-3H3;1H3;;/q;;;-1;+1. The Bertz CT molecular complexity index is 1190. The minimum atomic E-state index is -10.7. The molecule has 6 radical (unpaired) electrons. The van der Waals surface area contributed by atoms with E-state index in [1.54, 1.807) is 24.6 Å². The summed E-state index contributed by atoms with van der Waals surface area (Å²) in [6, 6.07) is 22.8. The van der Waals surface area contributed by atoms with E-state index in [1.165, 1.54) is 62.0 Å². The van der Waals surface area contributed by atoms with Crippen LogP contribution in [0.3, 0.4) is 0 Å². The summed E-state index contributed by atoms with van der Waals surface area (Å²) in [6.07, 6.45) is 18.1. The predicted octanol–water partition coefficient (Wildman–Crippen LogP) is 13.7. The maximum atomic E-state index is 12.6. The number of ether oxygens (including phenoxy) is 1. The fourth-order valence-corrected chi connectivity index (χ4v) is 9.80. The van der Waals surface area contributed by atoms with Crippen LogP contribution in [-0.4, -0.2) is 37.2 Å². The molecule has 0 amide bonds. The number of unbranched alkanes of at least 4 members (excludes halogenated alkanes) is 3. The van der Waals surface area contributed by atoms with Crippen molar-refractivity contribution in [3.8, 4) is 6.07 Å². The van der Waals surface area contributed by atoms with Gasteiger partial charge in [-0.15, -0.1) is 7.92 Å². The molecule has 3 rings (SSSR count). The molecule has 0 aliphatic heterocycles. The van der Waals surface area contributed by atoms with E-state index in [0.717, 1.165) is 12.1 Å². The SMILES string of the molecule is CC#N.CCCCP(CCCC)CCCC.C[C]1[CH][C](C(C)(C)C)[CH][C]1C(=O)OCCP(c1ccccc1)c1ccccc1.F[P-](F)(F)(F)(F)F.[Ru+]. The third kappa shape index (κ3) is 28.4. The Morgan fingerprint density at radius 1 is 0.750 bits per heavy atom. The first-order chi connectivity index (χ1) is 23.6. The number of halogens is 6. The number of hydrogen-bond acceptors (Lipinski definition) is 3. The van der Waals surface area contributed by atoms with Gasteiger partial charge in [-0.2, -0.15) is 5.26 Å². The van der Waals surface area contributed by atoms with Crippen LogP contribution in [0.5, 0.6) is 0 Å². The second-order valence-corrected chi connectivity index (χ2v) is 20.1. The number of nitriles is 1. The normalized spacial score (nSPS) is 15.0. The van der Waals surface area contributed by atoms with E-state index in [2.05, 4.69) is 96.5 Å². The van der Waals surface area contributed by atoms with E-state index >= 15 is 0 Å². The number of carbonyl (C=O) groups is 1. The second kappa shape index (κ2) is 25.1. The summed E-state index contributed by atoms with van der Waals surface area (Å²) < 4.78 is 64.9. The summed E-state index contributed by atoms with van der Waals surface area (Å²) in [5.74, 6) is 2.63. The van der Waals surface area contributed by atoms with E-state index < -0.39 is 15.7 Å². The Balaban J connectivity index is 0. The minimum Gasteiger partial charge on any atom is 1.00 e. The van der Waals surface area contributed by atoms with Crippen LogP contribution in [0, 0.1) is 47.3 Å². The molecule has 0 atom stereocenters. The Morgan fingerprint density at radius 2 is 1.12 bits per heavy atom. The predicted molar refractivity (Wildman–Crippen MR) is 209 cm³/mol. The van der Waals surface area contributed by atoms with E-state index in [9.17, 15) is 30.0 Å². The monoisotopic (exact) mass is 881 g/mol. The molecular formula is C39H58F6NO2P3Ru. The first-order valence-corrected chi connectivity index (χ1v) is 22.9. The van der Waals surface area contributed by atoms with Crippen LogP contribution in [0.1, 0.15) is 93.9 Å². The third-order valence-corrected chi connectivity index (χ3v) is 12.7. The summed E-state index contributed by atoms with van der Waals surface area (Å²) in [5.41, 5.74) is 0.0260. The average molecular weight is 881 g/mol. The minimum absolute atomic E-state index is 0. The molecule has 1 saturated carbocycles. The Labute approximate surface area is 326 Å². The Morgan fingerprint density at radius 3 is 1.42 bits per heavy atom. The summed E-state index contributed by atoms with van der Waals surface area (Å²) in [7, 11) is -10.8. The van der Waals surface area contributed by atoms with Crippen LogP contribution in [0.15, 0.2) is 60.7 Å². The average Bonchev–Trinajstić information content (AvgIpc) is 3.45. The van der Waals surface area contributed by atoms with Crippen molar-refractivity contribution in [2.45, 2.75) is 93.9 Å². The zero-order valence-electron chi connectivity index (χ0n) is 31.9. The third-order valence-electron chi connectivity index (χ3n) is 7.35. The molecule has 3 nitrogen and oxygen atoms in total. The summed E-state index contributed by atoms with van der Waals surface area (Å²) in [5, 5.41) is 9.93. The van der Waals surface area contributed by atoms with Gasteiger partial charge in [0.1, 0.15) is 0 Å². The van der Waals surface area contributed by atoms with Gasteiger partial charge >= 0.3 is 58.4 Å². The van der Waals surface area contributed by atoms with Crippen molar-refractivity contribution in [2.24, 2.45) is 5.41 Å². The second-order valence-electron chi connectivity index (χ2n) is 13.1. The molecule has 0 aromatic heterocycles. The van der Waals surface area contributed by atoms with Gasteiger partial charge in [0, 0.05) is 13.1 Å². The molecule has 0 bridgehead atoms. The van der Waals surface area contributed by atoms with Crippen LogP contribution >= 0.6 is 23.7 Å². The number of benzene rings is 2. The van der Waals surface area contributed by atoms with Crippen molar-refractivity contribution < 1.29 is 54.2 Å². The number of carbonyl (C=O) groups excluding carboxylic acids is 1. The maximum Gasteiger partial charge on any atom is 1.00 e. The molecule has 13 heteroatoms. The molecule has 0 heterocycles. The maximum absolute atomic E-state index is 12.6. The fourth-order valence-electron chi connectivity index (χ4n) is 4.69. The summed E-state index contributed by atoms with van der Waals surface area (Å²) in [4.78, 5) is 12.6. The molecule has 1 fully saturated rings. The van der Waals surface area contributed by atoms with Crippen molar-refractivity contribution in [1.82, 2.24) is 0 Å². The Hall–Kier alpha value is -1.11. The topological polar surface area (TPSA) is 50.1 Å². The number of hydrogen-bond donors (Lipinski definition) is 0. The van der Waals surface area contributed by atoms with Crippen LogP contribution < -0.4 is 10.6 Å². The van der Waals surface area contributed by atoms with Gasteiger partial charge in [-0.3, -0.25) is 4.79 Å². The zero-order valence-corrected chi connectivity index (χ0v) is 36.4. The van der Waals surface area contributed by atoms with E-state index in [1.807, 2.05) is 25.5 Å².